The highest BCUT2D eigenvalue weighted by Crippen LogP contribution is 2.19. The van der Waals surface area contributed by atoms with E-state index in [0.717, 1.165) is 10.2 Å². The maximum atomic E-state index is 12.5. The van der Waals surface area contributed by atoms with Gasteiger partial charge in [-0.15, -0.1) is 0 Å². The van der Waals surface area contributed by atoms with E-state index in [-0.39, 0.29) is 5.92 Å². The Morgan fingerprint density at radius 2 is 2.12 bits per heavy atom. The summed E-state index contributed by atoms with van der Waals surface area (Å²) in [6.45, 7) is 5.47. The minimum Gasteiger partial charge on any atom is -0.480 e. The summed E-state index contributed by atoms with van der Waals surface area (Å²) in [6, 6.07) is 6.63. The minimum atomic E-state index is -1.03. The van der Waals surface area contributed by atoms with Gasteiger partial charge in [-0.05, 0) is 31.0 Å². The summed E-state index contributed by atoms with van der Waals surface area (Å²) in [5.74, 6) is -1.62. The summed E-state index contributed by atoms with van der Waals surface area (Å²) < 4.78 is 2.56. The molecule has 2 rings (SSSR count). The Bertz CT molecular complexity index is 757. The van der Waals surface area contributed by atoms with Crippen LogP contribution in [-0.2, 0) is 4.79 Å². The monoisotopic (exact) mass is 393 g/mol. The molecule has 0 radical (unpaired) electrons. The molecule has 0 bridgehead atoms. The zero-order valence-electron chi connectivity index (χ0n) is 13.8. The zero-order valence-corrected chi connectivity index (χ0v) is 15.4. The van der Waals surface area contributed by atoms with Crippen LogP contribution in [0, 0.1) is 12.8 Å². The van der Waals surface area contributed by atoms with Crippen LogP contribution in [-0.4, -0.2) is 32.8 Å². The Labute approximate surface area is 149 Å². The molecule has 0 aliphatic carbocycles. The van der Waals surface area contributed by atoms with Crippen LogP contribution in [0.15, 0.2) is 34.9 Å². The Balaban J connectivity index is 2.27. The number of nitrogens with zero attached hydrogens (tertiary/aromatic N) is 2. The van der Waals surface area contributed by atoms with Crippen molar-refractivity contribution in [2.75, 3.05) is 0 Å². The molecule has 1 aromatic carbocycles. The molecule has 1 amide bonds. The van der Waals surface area contributed by atoms with Crippen LogP contribution < -0.4 is 5.32 Å². The topological polar surface area (TPSA) is 84.2 Å². The van der Waals surface area contributed by atoms with Gasteiger partial charge in [-0.25, -0.2) is 9.48 Å². The first-order valence-electron chi connectivity index (χ1n) is 7.69. The third kappa shape index (κ3) is 3.84. The summed E-state index contributed by atoms with van der Waals surface area (Å²) in [5, 5.41) is 16.2. The van der Waals surface area contributed by atoms with Crippen LogP contribution in [0.1, 0.15) is 36.3 Å². The van der Waals surface area contributed by atoms with Gasteiger partial charge in [-0.1, -0.05) is 42.3 Å². The third-order valence-corrected chi connectivity index (χ3v) is 4.57. The van der Waals surface area contributed by atoms with Crippen LogP contribution >= 0.6 is 15.9 Å². The summed E-state index contributed by atoms with van der Waals surface area (Å²) >= 11 is 3.41. The lowest BCUT2D eigenvalue weighted by molar-refractivity contribution is -0.140. The van der Waals surface area contributed by atoms with Gasteiger partial charge in [-0.3, -0.25) is 4.79 Å². The molecular weight excluding hydrogens is 374 g/mol. The van der Waals surface area contributed by atoms with E-state index in [4.69, 9.17) is 0 Å². The highest BCUT2D eigenvalue weighted by Gasteiger charge is 2.27. The summed E-state index contributed by atoms with van der Waals surface area (Å²) in [5.41, 5.74) is 1.83. The molecule has 0 saturated heterocycles. The predicted octanol–water partition coefficient (Wildman–Crippen LogP) is 3.17. The standard InChI is InChI=1S/C17H20BrN3O3/c1-4-10(2)15(17(23)24)20-16(22)14-9-19-21(11(14)3)13-7-5-6-12(18)8-13/h5-10,15H,4H2,1-3H3,(H,20,22)(H,23,24). The first kappa shape index (κ1) is 18.2. The number of carbonyl (C=O) groups excluding carboxylic acids is 1. The molecular formula is C17H20BrN3O3. The van der Waals surface area contributed by atoms with Crippen molar-refractivity contribution < 1.29 is 14.7 Å². The second-order valence-electron chi connectivity index (χ2n) is 5.71. The Morgan fingerprint density at radius 3 is 2.71 bits per heavy atom. The van der Waals surface area contributed by atoms with E-state index < -0.39 is 17.9 Å². The van der Waals surface area contributed by atoms with Crippen molar-refractivity contribution in [3.8, 4) is 5.69 Å². The highest BCUT2D eigenvalue weighted by atomic mass is 79.9. The number of carboxylic acid groups (broad SMARTS) is 1. The molecule has 0 aliphatic heterocycles. The van der Waals surface area contributed by atoms with E-state index in [9.17, 15) is 14.7 Å². The maximum Gasteiger partial charge on any atom is 0.326 e. The summed E-state index contributed by atoms with van der Waals surface area (Å²) in [7, 11) is 0. The second-order valence-corrected chi connectivity index (χ2v) is 6.63. The number of hydrogen-bond donors (Lipinski definition) is 2. The molecule has 1 heterocycles. The number of nitrogens with one attached hydrogen (secondary N) is 1. The average molecular weight is 394 g/mol. The number of carboxylic acids is 1. The molecule has 128 valence electrons. The van der Waals surface area contributed by atoms with Crippen molar-refractivity contribution in [1.29, 1.82) is 0 Å². The largest absolute Gasteiger partial charge is 0.480 e. The van der Waals surface area contributed by atoms with E-state index in [1.165, 1.54) is 6.20 Å². The van der Waals surface area contributed by atoms with E-state index in [0.29, 0.717) is 17.7 Å². The van der Waals surface area contributed by atoms with Gasteiger partial charge in [0.1, 0.15) is 6.04 Å². The van der Waals surface area contributed by atoms with Gasteiger partial charge in [0.2, 0.25) is 0 Å². The van der Waals surface area contributed by atoms with E-state index in [2.05, 4.69) is 26.3 Å². The van der Waals surface area contributed by atoms with Gasteiger partial charge >= 0.3 is 5.97 Å². The summed E-state index contributed by atoms with van der Waals surface area (Å²) in [6.07, 6.45) is 2.12. The molecule has 2 atom stereocenters. The molecule has 24 heavy (non-hydrogen) atoms. The minimum absolute atomic E-state index is 0.160. The molecule has 0 spiro atoms. The number of halogens is 1. The fourth-order valence-corrected chi connectivity index (χ4v) is 2.79. The Kier molecular flexibility index (Phi) is 5.77. The van der Waals surface area contributed by atoms with Gasteiger partial charge in [0.15, 0.2) is 0 Å². The lowest BCUT2D eigenvalue weighted by Crippen LogP contribution is -2.45. The molecule has 2 N–H and O–H groups in total. The third-order valence-electron chi connectivity index (χ3n) is 4.07. The number of benzene rings is 1. The fraction of sp³-hybridized carbons (Fsp3) is 0.353. The SMILES string of the molecule is CCC(C)C(NC(=O)c1cnn(-c2cccc(Br)c2)c1C)C(=O)O. The Hall–Kier alpha value is -2.15. The highest BCUT2D eigenvalue weighted by molar-refractivity contribution is 9.10. The second kappa shape index (κ2) is 7.61. The first-order valence-corrected chi connectivity index (χ1v) is 8.48. The molecule has 0 saturated carbocycles. The average Bonchev–Trinajstić information content (AvgIpc) is 2.93. The van der Waals surface area contributed by atoms with Gasteiger partial charge in [0.25, 0.3) is 5.91 Å². The van der Waals surface area contributed by atoms with Gasteiger partial charge in [-0.2, -0.15) is 5.10 Å². The molecule has 0 aliphatic rings. The van der Waals surface area contributed by atoms with Gasteiger partial charge in [0.05, 0.1) is 23.1 Å². The molecule has 6 nitrogen and oxygen atoms in total. The molecule has 0 fully saturated rings. The number of carbonyl (C=O) groups is 2. The molecule has 1 aromatic heterocycles. The van der Waals surface area contributed by atoms with Crippen molar-refractivity contribution in [3.63, 3.8) is 0 Å². The van der Waals surface area contributed by atoms with Gasteiger partial charge < -0.3 is 10.4 Å². The number of hydrogen-bond acceptors (Lipinski definition) is 3. The number of aromatic nitrogens is 2. The van der Waals surface area contributed by atoms with Crippen molar-refractivity contribution in [1.82, 2.24) is 15.1 Å². The number of aliphatic carboxylic acids is 1. The van der Waals surface area contributed by atoms with Crippen LogP contribution in [0.4, 0.5) is 0 Å². The van der Waals surface area contributed by atoms with Gasteiger partial charge in [0, 0.05) is 4.47 Å². The first-order chi connectivity index (χ1) is 11.3. The summed E-state index contributed by atoms with van der Waals surface area (Å²) in [4.78, 5) is 23.9. The zero-order chi connectivity index (χ0) is 17.9. The predicted molar refractivity (Wildman–Crippen MR) is 94.3 cm³/mol. The van der Waals surface area contributed by atoms with E-state index in [1.54, 1.807) is 18.5 Å². The Morgan fingerprint density at radius 1 is 1.42 bits per heavy atom. The molecule has 2 unspecified atom stereocenters. The van der Waals surface area contributed by atoms with Crippen molar-refractivity contribution in [3.05, 3.63) is 46.2 Å². The number of rotatable bonds is 6. The van der Waals surface area contributed by atoms with Crippen LogP contribution in [0.5, 0.6) is 0 Å². The molecule has 7 heteroatoms. The van der Waals surface area contributed by atoms with Crippen molar-refractivity contribution in [2.45, 2.75) is 33.2 Å². The van der Waals surface area contributed by atoms with E-state index >= 15 is 0 Å². The lowest BCUT2D eigenvalue weighted by Gasteiger charge is -2.20. The maximum absolute atomic E-state index is 12.5. The van der Waals surface area contributed by atoms with Crippen LogP contribution in [0.25, 0.3) is 5.69 Å². The fourth-order valence-electron chi connectivity index (χ4n) is 2.40. The molecule has 2 aromatic rings. The van der Waals surface area contributed by atoms with E-state index in [1.807, 2.05) is 31.2 Å². The van der Waals surface area contributed by atoms with Crippen molar-refractivity contribution >= 4 is 27.8 Å². The quantitative estimate of drug-likeness (QED) is 0.788. The number of amides is 1. The van der Waals surface area contributed by atoms with Crippen molar-refractivity contribution in [2.24, 2.45) is 5.92 Å². The smallest absolute Gasteiger partial charge is 0.326 e. The van der Waals surface area contributed by atoms with Crippen LogP contribution in [0.2, 0.25) is 0 Å². The normalized spacial score (nSPS) is 13.3. The van der Waals surface area contributed by atoms with Crippen LogP contribution in [0.3, 0.4) is 0 Å². The lowest BCUT2D eigenvalue weighted by atomic mass is 9.99.